The van der Waals surface area contributed by atoms with Crippen LogP contribution < -0.4 is 10.6 Å². The van der Waals surface area contributed by atoms with Crippen molar-refractivity contribution < 1.29 is 9.90 Å². The Morgan fingerprint density at radius 3 is 1.90 bits per heavy atom. The molecule has 0 aliphatic heterocycles. The summed E-state index contributed by atoms with van der Waals surface area (Å²) in [6, 6.07) is 0.932. The zero-order valence-corrected chi connectivity index (χ0v) is 13.6. The van der Waals surface area contributed by atoms with Crippen molar-refractivity contribution >= 4 is 5.91 Å². The van der Waals surface area contributed by atoms with Gasteiger partial charge in [-0.1, -0.05) is 0 Å². The third-order valence-corrected chi connectivity index (χ3v) is 5.24. The fraction of sp³-hybridized carbons (Fsp3) is 0.941. The first kappa shape index (κ1) is 16.8. The van der Waals surface area contributed by atoms with Crippen LogP contribution in [0.5, 0.6) is 0 Å². The zero-order valence-electron chi connectivity index (χ0n) is 13.6. The molecule has 3 N–H and O–H groups in total. The van der Waals surface area contributed by atoms with Gasteiger partial charge in [0.05, 0.1) is 0 Å². The van der Waals surface area contributed by atoms with E-state index < -0.39 is 0 Å². The topological polar surface area (TPSA) is 61.4 Å². The maximum absolute atomic E-state index is 11.1. The van der Waals surface area contributed by atoms with Crippen molar-refractivity contribution in [3.05, 3.63) is 0 Å². The molecule has 0 radical (unpaired) electrons. The van der Waals surface area contributed by atoms with Gasteiger partial charge in [-0.2, -0.15) is 0 Å². The number of nitrogens with one attached hydrogen (secondary N) is 2. The summed E-state index contributed by atoms with van der Waals surface area (Å²) < 4.78 is 0. The van der Waals surface area contributed by atoms with Gasteiger partial charge >= 0.3 is 0 Å². The van der Waals surface area contributed by atoms with Crippen LogP contribution in [0.4, 0.5) is 0 Å². The Morgan fingerprint density at radius 1 is 1.00 bits per heavy atom. The fourth-order valence-electron chi connectivity index (χ4n) is 4.21. The van der Waals surface area contributed by atoms with E-state index in [4.69, 9.17) is 0 Å². The quantitative estimate of drug-likeness (QED) is 0.683. The summed E-state index contributed by atoms with van der Waals surface area (Å²) in [6.07, 6.45) is 10.9. The molecule has 0 bridgehead atoms. The molecule has 21 heavy (non-hydrogen) atoms. The lowest BCUT2D eigenvalue weighted by molar-refractivity contribution is -0.119. The number of hydrogen-bond donors (Lipinski definition) is 3. The van der Waals surface area contributed by atoms with Gasteiger partial charge in [0, 0.05) is 19.0 Å². The van der Waals surface area contributed by atoms with Gasteiger partial charge in [-0.05, 0) is 76.5 Å². The van der Waals surface area contributed by atoms with Crippen molar-refractivity contribution in [2.45, 2.75) is 89.9 Å². The van der Waals surface area contributed by atoms with E-state index in [0.717, 1.165) is 24.7 Å². The second kappa shape index (κ2) is 8.14. The molecule has 0 spiro atoms. The lowest BCUT2D eigenvalue weighted by Gasteiger charge is -2.34. The van der Waals surface area contributed by atoms with Gasteiger partial charge in [-0.15, -0.1) is 0 Å². The number of aliphatic hydroxyl groups excluding tert-OH is 1. The van der Waals surface area contributed by atoms with Gasteiger partial charge in [-0.3, -0.25) is 10.1 Å². The first-order valence-corrected chi connectivity index (χ1v) is 8.74. The third-order valence-electron chi connectivity index (χ3n) is 5.24. The highest BCUT2D eigenvalue weighted by molar-refractivity contribution is 5.73. The van der Waals surface area contributed by atoms with E-state index in [1.54, 1.807) is 13.8 Å². The maximum atomic E-state index is 11.1. The highest BCUT2D eigenvalue weighted by Gasteiger charge is 2.27. The number of amides is 1. The summed E-state index contributed by atoms with van der Waals surface area (Å²) in [4.78, 5) is 11.1. The minimum Gasteiger partial charge on any atom is -0.379 e. The molecule has 1 amide bonds. The van der Waals surface area contributed by atoms with Crippen LogP contribution in [-0.4, -0.2) is 29.3 Å². The number of aliphatic hydroxyl groups is 1. The number of carbonyl (C=O) groups is 1. The van der Waals surface area contributed by atoms with Gasteiger partial charge in [-0.25, -0.2) is 0 Å². The SMILES string of the molecule is CC(=O)NC1CCC(CC2CCC(NC(C)O)CC2)CC1. The molecule has 2 rings (SSSR count). The Balaban J connectivity index is 1.62. The molecule has 0 aromatic rings. The summed E-state index contributed by atoms with van der Waals surface area (Å²) in [5.41, 5.74) is 0. The molecule has 4 heteroatoms. The third kappa shape index (κ3) is 5.95. The molecule has 0 aromatic heterocycles. The first-order chi connectivity index (χ1) is 10.0. The van der Waals surface area contributed by atoms with E-state index in [0.29, 0.717) is 12.1 Å². The molecule has 2 aliphatic rings. The summed E-state index contributed by atoms with van der Waals surface area (Å²) >= 11 is 0. The number of carbonyl (C=O) groups excluding carboxylic acids is 1. The minimum atomic E-state index is -0.379. The molecule has 2 saturated carbocycles. The summed E-state index contributed by atoms with van der Waals surface area (Å²) in [5.74, 6) is 1.85. The highest BCUT2D eigenvalue weighted by atomic mass is 16.3. The Hall–Kier alpha value is -0.610. The lowest BCUT2D eigenvalue weighted by Crippen LogP contribution is -2.39. The smallest absolute Gasteiger partial charge is 0.217 e. The molecule has 1 atom stereocenters. The Kier molecular flexibility index (Phi) is 6.49. The van der Waals surface area contributed by atoms with Gasteiger partial charge in [0.1, 0.15) is 6.23 Å². The summed E-state index contributed by atoms with van der Waals surface area (Å²) in [7, 11) is 0. The highest BCUT2D eigenvalue weighted by Crippen LogP contribution is 2.35. The minimum absolute atomic E-state index is 0.113. The van der Waals surface area contributed by atoms with Gasteiger partial charge in [0.2, 0.25) is 5.91 Å². The average Bonchev–Trinajstić information content (AvgIpc) is 2.42. The lowest BCUT2D eigenvalue weighted by atomic mass is 9.75. The molecule has 4 nitrogen and oxygen atoms in total. The predicted octanol–water partition coefficient (Wildman–Crippen LogP) is 2.56. The van der Waals surface area contributed by atoms with Gasteiger partial charge in [0.25, 0.3) is 0 Å². The molecular weight excluding hydrogens is 264 g/mol. The van der Waals surface area contributed by atoms with Crippen LogP contribution in [0.15, 0.2) is 0 Å². The second-order valence-corrected chi connectivity index (χ2v) is 7.21. The van der Waals surface area contributed by atoms with Crippen molar-refractivity contribution in [1.29, 1.82) is 0 Å². The van der Waals surface area contributed by atoms with Crippen molar-refractivity contribution in [2.24, 2.45) is 11.8 Å². The van der Waals surface area contributed by atoms with E-state index in [-0.39, 0.29) is 12.1 Å². The first-order valence-electron chi connectivity index (χ1n) is 8.74. The van der Waals surface area contributed by atoms with E-state index in [1.807, 2.05) is 0 Å². The number of hydrogen-bond acceptors (Lipinski definition) is 3. The van der Waals surface area contributed by atoms with Crippen LogP contribution in [-0.2, 0) is 4.79 Å². The molecule has 0 heterocycles. The molecule has 1 unspecified atom stereocenters. The fourth-order valence-corrected chi connectivity index (χ4v) is 4.21. The summed E-state index contributed by atoms with van der Waals surface area (Å²) in [6.45, 7) is 3.42. The Labute approximate surface area is 129 Å². The monoisotopic (exact) mass is 296 g/mol. The molecular formula is C17H32N2O2. The van der Waals surface area contributed by atoms with Crippen molar-refractivity contribution in [1.82, 2.24) is 10.6 Å². The van der Waals surface area contributed by atoms with E-state index in [1.165, 1.54) is 44.9 Å². The molecule has 2 aliphatic carbocycles. The van der Waals surface area contributed by atoms with Crippen molar-refractivity contribution in [3.63, 3.8) is 0 Å². The number of rotatable bonds is 5. The predicted molar refractivity (Wildman–Crippen MR) is 84.7 cm³/mol. The van der Waals surface area contributed by atoms with E-state index in [9.17, 15) is 9.90 Å². The van der Waals surface area contributed by atoms with Crippen LogP contribution in [0.3, 0.4) is 0 Å². The van der Waals surface area contributed by atoms with Crippen LogP contribution in [0.1, 0.15) is 71.6 Å². The van der Waals surface area contributed by atoms with E-state index >= 15 is 0 Å². The second-order valence-electron chi connectivity index (χ2n) is 7.21. The van der Waals surface area contributed by atoms with Crippen LogP contribution in [0, 0.1) is 11.8 Å². The van der Waals surface area contributed by atoms with Gasteiger partial charge in [0.15, 0.2) is 0 Å². The molecule has 2 fully saturated rings. The van der Waals surface area contributed by atoms with E-state index in [2.05, 4.69) is 10.6 Å². The average molecular weight is 296 g/mol. The Bertz CT molecular complexity index is 317. The van der Waals surface area contributed by atoms with Crippen LogP contribution in [0.2, 0.25) is 0 Å². The molecule has 122 valence electrons. The van der Waals surface area contributed by atoms with Gasteiger partial charge < -0.3 is 10.4 Å². The van der Waals surface area contributed by atoms with Crippen molar-refractivity contribution in [2.75, 3.05) is 0 Å². The standard InChI is InChI=1S/C17H32N2O2/c1-12(20)18-16-7-3-14(4-8-16)11-15-5-9-17(10-6-15)19-13(2)21/h12,14-18,20H,3-11H2,1-2H3,(H,19,21). The molecule has 0 aromatic carbocycles. The van der Waals surface area contributed by atoms with Crippen molar-refractivity contribution in [3.8, 4) is 0 Å². The zero-order chi connectivity index (χ0) is 15.2. The Morgan fingerprint density at radius 2 is 1.48 bits per heavy atom. The largest absolute Gasteiger partial charge is 0.379 e. The van der Waals surface area contributed by atoms with Crippen LogP contribution >= 0.6 is 0 Å². The maximum Gasteiger partial charge on any atom is 0.217 e. The summed E-state index contributed by atoms with van der Waals surface area (Å²) in [5, 5.41) is 15.7. The van der Waals surface area contributed by atoms with Crippen LogP contribution in [0.25, 0.3) is 0 Å². The normalized spacial score (nSPS) is 35.2. The molecule has 0 saturated heterocycles.